The highest BCUT2D eigenvalue weighted by molar-refractivity contribution is 5.80. The molecule has 120 valence electrons. The second-order valence-corrected chi connectivity index (χ2v) is 6.38. The minimum absolute atomic E-state index is 0.262. The molecule has 0 amide bonds. The molecule has 1 atom stereocenters. The highest BCUT2D eigenvalue weighted by Gasteiger charge is 2.24. The maximum Gasteiger partial charge on any atom is 0.257 e. The molecule has 0 saturated heterocycles. The third-order valence-electron chi connectivity index (χ3n) is 4.82. The number of hydrogen-bond acceptors (Lipinski definition) is 6. The van der Waals surface area contributed by atoms with E-state index in [0.717, 1.165) is 23.1 Å². The summed E-state index contributed by atoms with van der Waals surface area (Å²) in [4.78, 5) is 4.37. The van der Waals surface area contributed by atoms with Crippen molar-refractivity contribution in [3.05, 3.63) is 23.8 Å². The smallest absolute Gasteiger partial charge is 0.257 e. The van der Waals surface area contributed by atoms with E-state index in [2.05, 4.69) is 34.2 Å². The Kier molecular flexibility index (Phi) is 3.59. The molecule has 0 aromatic carbocycles. The predicted octanol–water partition coefficient (Wildman–Crippen LogP) is 4.44. The molecule has 6 nitrogen and oxygen atoms in total. The third-order valence-corrected chi connectivity index (χ3v) is 4.82. The van der Waals surface area contributed by atoms with Gasteiger partial charge in [-0.25, -0.2) is 4.98 Å². The maximum atomic E-state index is 5.80. The van der Waals surface area contributed by atoms with E-state index in [4.69, 9.17) is 8.94 Å². The Hall–Kier alpha value is -2.24. The lowest BCUT2D eigenvalue weighted by Crippen LogP contribution is -1.93. The Morgan fingerprint density at radius 2 is 2.09 bits per heavy atom. The molecule has 3 aromatic rings. The van der Waals surface area contributed by atoms with Crippen molar-refractivity contribution in [2.45, 2.75) is 57.8 Å². The number of rotatable bonds is 4. The van der Waals surface area contributed by atoms with E-state index >= 15 is 0 Å². The normalized spacial score (nSPS) is 17.1. The highest BCUT2D eigenvalue weighted by Crippen LogP contribution is 2.37. The lowest BCUT2D eigenvalue weighted by Gasteiger charge is -2.04. The molecule has 4 rings (SSSR count). The first-order valence-corrected chi connectivity index (χ1v) is 8.35. The minimum atomic E-state index is 0.262. The van der Waals surface area contributed by atoms with Crippen LogP contribution in [-0.4, -0.2) is 20.3 Å². The van der Waals surface area contributed by atoms with Gasteiger partial charge in [-0.2, -0.15) is 0 Å². The van der Waals surface area contributed by atoms with Gasteiger partial charge in [-0.15, -0.1) is 10.2 Å². The Labute approximate surface area is 134 Å². The highest BCUT2D eigenvalue weighted by atomic mass is 16.5. The van der Waals surface area contributed by atoms with Crippen LogP contribution < -0.4 is 0 Å². The number of hydrogen-bond donors (Lipinski definition) is 0. The minimum Gasteiger partial charge on any atom is -0.420 e. The maximum absolute atomic E-state index is 5.80. The molecule has 0 bridgehead atoms. The van der Waals surface area contributed by atoms with E-state index in [1.165, 1.54) is 25.7 Å². The van der Waals surface area contributed by atoms with Crippen LogP contribution in [0.2, 0.25) is 0 Å². The van der Waals surface area contributed by atoms with Crippen LogP contribution in [0.15, 0.2) is 21.2 Å². The zero-order chi connectivity index (χ0) is 15.8. The molecule has 0 aliphatic heterocycles. The molecule has 1 fully saturated rings. The lowest BCUT2D eigenvalue weighted by molar-refractivity contribution is 0.430. The van der Waals surface area contributed by atoms with Crippen LogP contribution in [0.25, 0.3) is 22.6 Å². The number of fused-ring (bicyclic) bond motifs is 1. The number of nitrogens with zero attached hydrogens (tertiary/aromatic N) is 4. The van der Waals surface area contributed by atoms with Gasteiger partial charge in [0, 0.05) is 18.0 Å². The molecule has 0 spiro atoms. The molecule has 0 N–H and O–H groups in total. The quantitative estimate of drug-likeness (QED) is 0.708. The summed E-state index contributed by atoms with van der Waals surface area (Å²) in [5.41, 5.74) is 2.42. The fraction of sp³-hybridized carbons (Fsp3) is 0.529. The summed E-state index contributed by atoms with van der Waals surface area (Å²) in [6, 6.07) is 2.01. The van der Waals surface area contributed by atoms with Crippen molar-refractivity contribution in [1.82, 2.24) is 20.3 Å². The topological polar surface area (TPSA) is 77.8 Å². The summed E-state index contributed by atoms with van der Waals surface area (Å²) in [6.45, 7) is 4.18. The van der Waals surface area contributed by atoms with Crippen molar-refractivity contribution in [3.8, 4) is 11.5 Å². The summed E-state index contributed by atoms with van der Waals surface area (Å²) in [7, 11) is 0. The van der Waals surface area contributed by atoms with Crippen LogP contribution in [0.1, 0.15) is 69.4 Å². The van der Waals surface area contributed by atoms with E-state index in [1.807, 2.05) is 6.07 Å². The van der Waals surface area contributed by atoms with Gasteiger partial charge in [-0.1, -0.05) is 31.8 Å². The van der Waals surface area contributed by atoms with Crippen LogP contribution in [-0.2, 0) is 0 Å². The van der Waals surface area contributed by atoms with Crippen molar-refractivity contribution < 1.29 is 8.94 Å². The van der Waals surface area contributed by atoms with Gasteiger partial charge in [-0.05, 0) is 25.3 Å². The Morgan fingerprint density at radius 1 is 1.26 bits per heavy atom. The summed E-state index contributed by atoms with van der Waals surface area (Å²) < 4.78 is 11.2. The molecule has 0 radical (unpaired) electrons. The Bertz CT molecular complexity index is 817. The van der Waals surface area contributed by atoms with E-state index in [1.54, 1.807) is 6.20 Å². The third kappa shape index (κ3) is 2.52. The average Bonchev–Trinajstić information content (AvgIpc) is 3.31. The van der Waals surface area contributed by atoms with Crippen molar-refractivity contribution >= 4 is 11.1 Å². The standard InChI is InChI=1S/C17H20N4O2/c1-3-10(2)15-19-20-16(22-15)12-8-13-14(11-6-4-5-7-11)21-23-17(13)18-9-12/h8-11H,3-7H2,1-2H3. The zero-order valence-corrected chi connectivity index (χ0v) is 13.5. The first kappa shape index (κ1) is 14.4. The largest absolute Gasteiger partial charge is 0.420 e. The average molecular weight is 312 g/mol. The summed E-state index contributed by atoms with van der Waals surface area (Å²) in [5, 5.41) is 13.5. The van der Waals surface area contributed by atoms with Crippen molar-refractivity contribution in [1.29, 1.82) is 0 Å². The van der Waals surface area contributed by atoms with Gasteiger partial charge >= 0.3 is 0 Å². The van der Waals surface area contributed by atoms with E-state index in [9.17, 15) is 0 Å². The van der Waals surface area contributed by atoms with Gasteiger partial charge in [-0.3, -0.25) is 0 Å². The molecule has 6 heteroatoms. The van der Waals surface area contributed by atoms with Gasteiger partial charge in [0.05, 0.1) is 16.6 Å². The molecule has 1 saturated carbocycles. The fourth-order valence-electron chi connectivity index (χ4n) is 3.19. The van der Waals surface area contributed by atoms with Crippen LogP contribution in [0.3, 0.4) is 0 Å². The van der Waals surface area contributed by atoms with Gasteiger partial charge in [0.25, 0.3) is 5.71 Å². The molecule has 1 aliphatic rings. The molecular formula is C17H20N4O2. The van der Waals surface area contributed by atoms with E-state index < -0.39 is 0 Å². The Balaban J connectivity index is 1.73. The molecule has 3 heterocycles. The monoisotopic (exact) mass is 312 g/mol. The second kappa shape index (κ2) is 5.76. The second-order valence-electron chi connectivity index (χ2n) is 6.38. The summed E-state index contributed by atoms with van der Waals surface area (Å²) in [6.07, 6.45) is 7.54. The lowest BCUT2D eigenvalue weighted by atomic mass is 10.0. The fourth-order valence-corrected chi connectivity index (χ4v) is 3.19. The molecular weight excluding hydrogens is 292 g/mol. The van der Waals surface area contributed by atoms with Crippen molar-refractivity contribution in [3.63, 3.8) is 0 Å². The van der Waals surface area contributed by atoms with Crippen molar-refractivity contribution in [2.75, 3.05) is 0 Å². The summed E-state index contributed by atoms with van der Waals surface area (Å²) >= 11 is 0. The van der Waals surface area contributed by atoms with Gasteiger partial charge in [0.2, 0.25) is 11.8 Å². The van der Waals surface area contributed by atoms with E-state index in [-0.39, 0.29) is 5.92 Å². The SMILES string of the molecule is CCC(C)c1nnc(-c2cnc3onc(C4CCCC4)c3c2)o1. The zero-order valence-electron chi connectivity index (χ0n) is 13.5. The van der Waals surface area contributed by atoms with Crippen LogP contribution in [0.5, 0.6) is 0 Å². The van der Waals surface area contributed by atoms with Crippen LogP contribution in [0, 0.1) is 0 Å². The molecule has 23 heavy (non-hydrogen) atoms. The van der Waals surface area contributed by atoms with Crippen molar-refractivity contribution in [2.24, 2.45) is 0 Å². The number of pyridine rings is 1. The van der Waals surface area contributed by atoms with Crippen LogP contribution >= 0.6 is 0 Å². The first-order chi connectivity index (χ1) is 11.3. The predicted molar refractivity (Wildman–Crippen MR) is 85.0 cm³/mol. The van der Waals surface area contributed by atoms with Gasteiger partial charge in [0.15, 0.2) is 0 Å². The first-order valence-electron chi connectivity index (χ1n) is 8.35. The molecule has 1 aliphatic carbocycles. The summed E-state index contributed by atoms with van der Waals surface area (Å²) in [5.74, 6) is 1.92. The molecule has 1 unspecified atom stereocenters. The van der Waals surface area contributed by atoms with Gasteiger partial charge in [0.1, 0.15) is 0 Å². The van der Waals surface area contributed by atoms with Crippen LogP contribution in [0.4, 0.5) is 0 Å². The Morgan fingerprint density at radius 3 is 2.87 bits per heavy atom. The number of aromatic nitrogens is 4. The van der Waals surface area contributed by atoms with E-state index in [0.29, 0.717) is 23.4 Å². The van der Waals surface area contributed by atoms with Gasteiger partial charge < -0.3 is 8.94 Å². The molecule has 3 aromatic heterocycles.